The normalized spacial score (nSPS) is 24.7. The zero-order chi connectivity index (χ0) is 12.4. The van der Waals surface area contributed by atoms with E-state index >= 15 is 0 Å². The summed E-state index contributed by atoms with van der Waals surface area (Å²) in [5, 5.41) is 9.17. The molecule has 92 valence electrons. The van der Waals surface area contributed by atoms with Crippen LogP contribution in [-0.2, 0) is 4.79 Å². The zero-order valence-corrected chi connectivity index (χ0v) is 9.51. The second-order valence-corrected chi connectivity index (χ2v) is 4.38. The highest BCUT2D eigenvalue weighted by Gasteiger charge is 2.33. The van der Waals surface area contributed by atoms with Crippen molar-refractivity contribution in [3.63, 3.8) is 0 Å². The Hall–Kier alpha value is -1.72. The zero-order valence-electron chi connectivity index (χ0n) is 9.51. The van der Waals surface area contributed by atoms with Crippen LogP contribution in [0.15, 0.2) is 12.4 Å². The van der Waals surface area contributed by atoms with E-state index in [9.17, 15) is 14.3 Å². The van der Waals surface area contributed by atoms with E-state index in [-0.39, 0.29) is 5.95 Å². The number of nitrogens with zero attached hydrogens (tertiary/aromatic N) is 3. The van der Waals surface area contributed by atoms with Gasteiger partial charge < -0.3 is 10.0 Å². The number of hydrogen-bond donors (Lipinski definition) is 1. The quantitative estimate of drug-likeness (QED) is 0.842. The molecule has 1 aliphatic heterocycles. The Morgan fingerprint density at radius 2 is 2.18 bits per heavy atom. The van der Waals surface area contributed by atoms with Gasteiger partial charge in [0, 0.05) is 6.54 Å². The monoisotopic (exact) mass is 239 g/mol. The maximum atomic E-state index is 12.7. The molecule has 0 aromatic carbocycles. The standard InChI is InChI=1S/C11H14FN3O2/c1-7-2-3-15(9(4-7)10(16)17)11-13-5-8(12)6-14-11/h5-7,9H,2-4H2,1H3,(H,16,17). The molecule has 1 fully saturated rings. The smallest absolute Gasteiger partial charge is 0.326 e. The van der Waals surface area contributed by atoms with Crippen LogP contribution < -0.4 is 4.90 Å². The van der Waals surface area contributed by atoms with Gasteiger partial charge in [0.1, 0.15) is 6.04 Å². The molecule has 1 saturated heterocycles. The van der Waals surface area contributed by atoms with Gasteiger partial charge in [-0.15, -0.1) is 0 Å². The molecule has 2 heterocycles. The number of hydrogen-bond acceptors (Lipinski definition) is 4. The first-order chi connectivity index (χ1) is 8.08. The van der Waals surface area contributed by atoms with Gasteiger partial charge in [-0.3, -0.25) is 0 Å². The van der Waals surface area contributed by atoms with Crippen LogP contribution in [0.5, 0.6) is 0 Å². The maximum Gasteiger partial charge on any atom is 0.326 e. The fourth-order valence-electron chi connectivity index (χ4n) is 2.07. The van der Waals surface area contributed by atoms with Crippen LogP contribution in [0.25, 0.3) is 0 Å². The van der Waals surface area contributed by atoms with Crippen LogP contribution in [0, 0.1) is 11.7 Å². The summed E-state index contributed by atoms with van der Waals surface area (Å²) < 4.78 is 12.7. The summed E-state index contributed by atoms with van der Waals surface area (Å²) in [4.78, 5) is 20.5. The number of carboxylic acid groups (broad SMARTS) is 1. The molecule has 5 nitrogen and oxygen atoms in total. The van der Waals surface area contributed by atoms with Gasteiger partial charge in [0.2, 0.25) is 5.95 Å². The van der Waals surface area contributed by atoms with Crippen LogP contribution in [0.2, 0.25) is 0 Å². The van der Waals surface area contributed by atoms with E-state index in [4.69, 9.17) is 0 Å². The third-order valence-corrected chi connectivity index (χ3v) is 3.01. The van der Waals surface area contributed by atoms with Crippen molar-refractivity contribution in [3.05, 3.63) is 18.2 Å². The van der Waals surface area contributed by atoms with Crippen LogP contribution in [0.4, 0.5) is 10.3 Å². The fraction of sp³-hybridized carbons (Fsp3) is 0.545. The Balaban J connectivity index is 2.23. The first-order valence-electron chi connectivity index (χ1n) is 5.55. The van der Waals surface area contributed by atoms with Crippen molar-refractivity contribution in [1.82, 2.24) is 9.97 Å². The molecule has 1 aromatic rings. The van der Waals surface area contributed by atoms with Crippen LogP contribution in [-0.4, -0.2) is 33.6 Å². The van der Waals surface area contributed by atoms with Gasteiger partial charge in [0.15, 0.2) is 5.82 Å². The molecular formula is C11H14FN3O2. The SMILES string of the molecule is CC1CCN(c2ncc(F)cn2)C(C(=O)O)C1. The Kier molecular flexibility index (Phi) is 3.21. The molecule has 0 aliphatic carbocycles. The van der Waals surface area contributed by atoms with Crippen molar-refractivity contribution < 1.29 is 14.3 Å². The molecule has 0 radical (unpaired) electrons. The molecule has 0 amide bonds. The molecule has 1 N–H and O–H groups in total. The highest BCUT2D eigenvalue weighted by molar-refractivity contribution is 5.77. The van der Waals surface area contributed by atoms with Crippen molar-refractivity contribution >= 4 is 11.9 Å². The third-order valence-electron chi connectivity index (χ3n) is 3.01. The van der Waals surface area contributed by atoms with Gasteiger partial charge >= 0.3 is 5.97 Å². The summed E-state index contributed by atoms with van der Waals surface area (Å²) in [6.07, 6.45) is 3.57. The molecule has 2 unspecified atom stereocenters. The van der Waals surface area contributed by atoms with E-state index in [1.165, 1.54) is 0 Å². The van der Waals surface area contributed by atoms with Crippen LogP contribution >= 0.6 is 0 Å². The fourth-order valence-corrected chi connectivity index (χ4v) is 2.07. The molecule has 0 saturated carbocycles. The predicted molar refractivity (Wildman–Crippen MR) is 59.2 cm³/mol. The number of aliphatic carboxylic acids is 1. The van der Waals surface area contributed by atoms with Gasteiger partial charge in [-0.2, -0.15) is 0 Å². The lowest BCUT2D eigenvalue weighted by atomic mass is 9.93. The first-order valence-corrected chi connectivity index (χ1v) is 5.55. The number of aromatic nitrogens is 2. The van der Waals surface area contributed by atoms with E-state index in [1.54, 1.807) is 4.90 Å². The molecule has 1 aromatic heterocycles. The van der Waals surface area contributed by atoms with Crippen LogP contribution in [0.1, 0.15) is 19.8 Å². The minimum absolute atomic E-state index is 0.283. The summed E-state index contributed by atoms with van der Waals surface area (Å²) >= 11 is 0. The van der Waals surface area contributed by atoms with Crippen molar-refractivity contribution in [3.8, 4) is 0 Å². The Labute approximate surface area is 98.3 Å². The molecule has 0 spiro atoms. The minimum atomic E-state index is -0.885. The van der Waals surface area contributed by atoms with E-state index in [1.807, 2.05) is 6.92 Å². The molecule has 2 atom stereocenters. The summed E-state index contributed by atoms with van der Waals surface area (Å²) in [5.41, 5.74) is 0. The highest BCUT2D eigenvalue weighted by atomic mass is 19.1. The van der Waals surface area contributed by atoms with E-state index in [2.05, 4.69) is 9.97 Å². The number of rotatable bonds is 2. The minimum Gasteiger partial charge on any atom is -0.480 e. The average molecular weight is 239 g/mol. The van der Waals surface area contributed by atoms with Gasteiger partial charge in [-0.25, -0.2) is 19.2 Å². The summed E-state index contributed by atoms with van der Waals surface area (Å²) in [5.74, 6) is -0.756. The lowest BCUT2D eigenvalue weighted by Gasteiger charge is -2.35. The molecule has 0 bridgehead atoms. The lowest BCUT2D eigenvalue weighted by molar-refractivity contribution is -0.139. The topological polar surface area (TPSA) is 66.3 Å². The van der Waals surface area contributed by atoms with Crippen molar-refractivity contribution in [2.24, 2.45) is 5.92 Å². The predicted octanol–water partition coefficient (Wildman–Crippen LogP) is 1.31. The molecule has 1 aliphatic rings. The van der Waals surface area contributed by atoms with Gasteiger partial charge in [0.25, 0.3) is 0 Å². The summed E-state index contributed by atoms with van der Waals surface area (Å²) in [7, 11) is 0. The second-order valence-electron chi connectivity index (χ2n) is 4.38. The van der Waals surface area contributed by atoms with Crippen molar-refractivity contribution in [1.29, 1.82) is 0 Å². The van der Waals surface area contributed by atoms with Gasteiger partial charge in [0.05, 0.1) is 12.4 Å². The second kappa shape index (κ2) is 4.65. The molecule has 6 heteroatoms. The van der Waals surface area contributed by atoms with Gasteiger partial charge in [-0.05, 0) is 18.8 Å². The molecule has 17 heavy (non-hydrogen) atoms. The van der Waals surface area contributed by atoms with E-state index in [0.717, 1.165) is 18.8 Å². The molecular weight excluding hydrogens is 225 g/mol. The summed E-state index contributed by atoms with van der Waals surface area (Å²) in [6.45, 7) is 2.61. The van der Waals surface area contributed by atoms with E-state index < -0.39 is 17.8 Å². The van der Waals surface area contributed by atoms with E-state index in [0.29, 0.717) is 18.9 Å². The number of carboxylic acids is 1. The number of carbonyl (C=O) groups is 1. The number of piperidine rings is 1. The van der Waals surface area contributed by atoms with Crippen LogP contribution in [0.3, 0.4) is 0 Å². The Bertz CT molecular complexity index is 410. The summed E-state index contributed by atoms with van der Waals surface area (Å²) in [6, 6.07) is -0.621. The average Bonchev–Trinajstić information content (AvgIpc) is 2.30. The first kappa shape index (κ1) is 11.8. The van der Waals surface area contributed by atoms with Gasteiger partial charge in [-0.1, -0.05) is 6.92 Å². The highest BCUT2D eigenvalue weighted by Crippen LogP contribution is 2.25. The van der Waals surface area contributed by atoms with Crippen molar-refractivity contribution in [2.75, 3.05) is 11.4 Å². The largest absolute Gasteiger partial charge is 0.480 e. The number of anilines is 1. The number of halogens is 1. The lowest BCUT2D eigenvalue weighted by Crippen LogP contribution is -2.47. The maximum absolute atomic E-state index is 12.7. The Morgan fingerprint density at radius 1 is 1.53 bits per heavy atom. The van der Waals surface area contributed by atoms with Crippen molar-refractivity contribution in [2.45, 2.75) is 25.8 Å². The molecule has 2 rings (SSSR count). The third kappa shape index (κ3) is 2.51. The Morgan fingerprint density at radius 3 is 2.76 bits per heavy atom.